The average molecular weight is 280 g/mol. The van der Waals surface area contributed by atoms with E-state index in [0.29, 0.717) is 12.0 Å². The van der Waals surface area contributed by atoms with Crippen LogP contribution in [0.25, 0.3) is 0 Å². The van der Waals surface area contributed by atoms with Gasteiger partial charge in [0.15, 0.2) is 0 Å². The smallest absolute Gasteiger partial charge is 0.0406 e. The lowest BCUT2D eigenvalue weighted by Crippen LogP contribution is -2.31. The van der Waals surface area contributed by atoms with Gasteiger partial charge in [-0.05, 0) is 48.9 Å². The van der Waals surface area contributed by atoms with Gasteiger partial charge in [0.25, 0.3) is 0 Å². The monoisotopic (exact) mass is 279 g/mol. The van der Waals surface area contributed by atoms with Gasteiger partial charge in [-0.25, -0.2) is 0 Å². The number of rotatable bonds is 5. The average Bonchev–Trinajstić information content (AvgIpc) is 2.42. The highest BCUT2D eigenvalue weighted by Crippen LogP contribution is 2.26. The molecule has 106 valence electrons. The Bertz CT molecular complexity index is 365. The summed E-state index contributed by atoms with van der Waals surface area (Å²) in [7, 11) is 0. The zero-order valence-corrected chi connectivity index (χ0v) is 12.9. The summed E-state index contributed by atoms with van der Waals surface area (Å²) in [6, 6.07) is 8.74. The Labute approximate surface area is 122 Å². The van der Waals surface area contributed by atoms with Crippen molar-refractivity contribution in [1.29, 1.82) is 0 Å². The molecule has 1 nitrogen and oxygen atoms in total. The Hall–Kier alpha value is -0.530. The van der Waals surface area contributed by atoms with Crippen molar-refractivity contribution < 1.29 is 0 Å². The van der Waals surface area contributed by atoms with Gasteiger partial charge >= 0.3 is 0 Å². The second-order valence-electron chi connectivity index (χ2n) is 6.19. The van der Waals surface area contributed by atoms with Crippen LogP contribution in [0, 0.1) is 11.8 Å². The normalized spacial score (nSPS) is 18.7. The lowest BCUT2D eigenvalue weighted by molar-refractivity contribution is 0.307. The van der Waals surface area contributed by atoms with E-state index < -0.39 is 0 Å². The van der Waals surface area contributed by atoms with Crippen molar-refractivity contribution in [2.45, 2.75) is 52.0 Å². The minimum absolute atomic E-state index is 0.444. The zero-order valence-electron chi connectivity index (χ0n) is 12.2. The Morgan fingerprint density at radius 3 is 2.32 bits per heavy atom. The van der Waals surface area contributed by atoms with E-state index in [-0.39, 0.29) is 0 Å². The van der Waals surface area contributed by atoms with Crippen molar-refractivity contribution >= 4 is 11.6 Å². The highest BCUT2D eigenvalue weighted by atomic mass is 35.5. The van der Waals surface area contributed by atoms with E-state index in [1.54, 1.807) is 0 Å². The fraction of sp³-hybridized carbons (Fsp3) is 0.647. The molecule has 1 aliphatic carbocycles. The summed E-state index contributed by atoms with van der Waals surface area (Å²) in [5.41, 5.74) is 1.36. The van der Waals surface area contributed by atoms with E-state index >= 15 is 0 Å². The molecule has 1 N–H and O–H groups in total. The van der Waals surface area contributed by atoms with Gasteiger partial charge in [0.2, 0.25) is 0 Å². The maximum Gasteiger partial charge on any atom is 0.0406 e. The molecule has 1 fully saturated rings. The molecule has 1 aromatic rings. The first kappa shape index (κ1) is 14.9. The van der Waals surface area contributed by atoms with Crippen LogP contribution < -0.4 is 5.32 Å². The van der Waals surface area contributed by atoms with Crippen LogP contribution in [0.15, 0.2) is 24.3 Å². The number of halogens is 1. The first-order valence-electron chi connectivity index (χ1n) is 7.65. The molecule has 0 amide bonds. The fourth-order valence-corrected chi connectivity index (χ4v) is 3.22. The van der Waals surface area contributed by atoms with Gasteiger partial charge in [-0.3, -0.25) is 0 Å². The van der Waals surface area contributed by atoms with Crippen LogP contribution in [0.2, 0.25) is 5.02 Å². The van der Waals surface area contributed by atoms with E-state index in [1.165, 1.54) is 37.7 Å². The quantitative estimate of drug-likeness (QED) is 0.780. The zero-order chi connectivity index (χ0) is 13.7. The first-order valence-corrected chi connectivity index (χ1v) is 8.03. The summed E-state index contributed by atoms with van der Waals surface area (Å²) in [5, 5.41) is 4.60. The van der Waals surface area contributed by atoms with Crippen LogP contribution in [0.1, 0.15) is 57.6 Å². The molecule has 0 aliphatic heterocycles. The summed E-state index contributed by atoms with van der Waals surface area (Å²) < 4.78 is 0. The first-order chi connectivity index (χ1) is 9.16. The van der Waals surface area contributed by atoms with Crippen LogP contribution in [0.4, 0.5) is 0 Å². The minimum atomic E-state index is 0.444. The van der Waals surface area contributed by atoms with E-state index in [1.807, 2.05) is 12.1 Å². The largest absolute Gasteiger partial charge is 0.309 e. The predicted octanol–water partition coefficient (Wildman–Crippen LogP) is 5.21. The van der Waals surface area contributed by atoms with Crippen molar-refractivity contribution in [2.24, 2.45) is 11.8 Å². The highest BCUT2D eigenvalue weighted by molar-refractivity contribution is 6.30. The molecular weight excluding hydrogens is 254 g/mol. The van der Waals surface area contributed by atoms with Crippen molar-refractivity contribution in [3.05, 3.63) is 34.9 Å². The molecular formula is C17H26ClN. The molecule has 0 aromatic heterocycles. The molecule has 1 aromatic carbocycles. The molecule has 1 saturated carbocycles. The lowest BCUT2D eigenvalue weighted by atomic mass is 9.88. The molecule has 0 spiro atoms. The molecule has 0 bridgehead atoms. The Balaban J connectivity index is 1.94. The molecule has 2 rings (SSSR count). The number of nitrogens with one attached hydrogen (secondary N) is 1. The van der Waals surface area contributed by atoms with Gasteiger partial charge < -0.3 is 5.32 Å². The van der Waals surface area contributed by atoms with Gasteiger partial charge in [0, 0.05) is 11.1 Å². The standard InChI is InChI=1S/C17H26ClN/c1-13(2)17(15-8-10-16(18)11-9-15)19-12-14-6-4-3-5-7-14/h8-11,13-14,17,19H,3-7,12H2,1-2H3. The van der Waals surface area contributed by atoms with Crippen molar-refractivity contribution in [3.8, 4) is 0 Å². The molecule has 2 heteroatoms. The third-order valence-corrected chi connectivity index (χ3v) is 4.50. The summed E-state index contributed by atoms with van der Waals surface area (Å²) >= 11 is 5.97. The second kappa shape index (κ2) is 7.31. The predicted molar refractivity (Wildman–Crippen MR) is 83.6 cm³/mol. The minimum Gasteiger partial charge on any atom is -0.309 e. The van der Waals surface area contributed by atoms with Crippen molar-refractivity contribution in [3.63, 3.8) is 0 Å². The number of benzene rings is 1. The van der Waals surface area contributed by atoms with Crippen LogP contribution >= 0.6 is 11.6 Å². The fourth-order valence-electron chi connectivity index (χ4n) is 3.09. The van der Waals surface area contributed by atoms with Crippen LogP contribution in [-0.4, -0.2) is 6.54 Å². The summed E-state index contributed by atoms with van der Waals surface area (Å²) in [4.78, 5) is 0. The molecule has 19 heavy (non-hydrogen) atoms. The van der Waals surface area contributed by atoms with E-state index in [2.05, 4.69) is 31.3 Å². The number of hydrogen-bond acceptors (Lipinski definition) is 1. The van der Waals surface area contributed by atoms with Crippen LogP contribution in [0.3, 0.4) is 0 Å². The molecule has 0 heterocycles. The van der Waals surface area contributed by atoms with Gasteiger partial charge in [-0.15, -0.1) is 0 Å². The maximum atomic E-state index is 5.97. The summed E-state index contributed by atoms with van der Waals surface area (Å²) in [6.07, 6.45) is 7.07. The highest BCUT2D eigenvalue weighted by Gasteiger charge is 2.18. The van der Waals surface area contributed by atoms with Gasteiger partial charge in [-0.2, -0.15) is 0 Å². The number of hydrogen-bond donors (Lipinski definition) is 1. The Morgan fingerprint density at radius 2 is 1.74 bits per heavy atom. The third kappa shape index (κ3) is 4.50. The third-order valence-electron chi connectivity index (χ3n) is 4.25. The van der Waals surface area contributed by atoms with Gasteiger partial charge in [0.05, 0.1) is 0 Å². The molecule has 1 atom stereocenters. The SMILES string of the molecule is CC(C)C(NCC1CCCCC1)c1ccc(Cl)cc1. The van der Waals surface area contributed by atoms with Gasteiger partial charge in [0.1, 0.15) is 0 Å². The lowest BCUT2D eigenvalue weighted by Gasteiger charge is -2.28. The van der Waals surface area contributed by atoms with Crippen molar-refractivity contribution in [1.82, 2.24) is 5.32 Å². The topological polar surface area (TPSA) is 12.0 Å². The van der Waals surface area contributed by atoms with E-state index in [0.717, 1.165) is 17.5 Å². The van der Waals surface area contributed by atoms with E-state index in [9.17, 15) is 0 Å². The van der Waals surface area contributed by atoms with Crippen LogP contribution in [0.5, 0.6) is 0 Å². The molecule has 0 radical (unpaired) electrons. The summed E-state index contributed by atoms with van der Waals surface area (Å²) in [5.74, 6) is 1.48. The molecule has 0 saturated heterocycles. The molecule has 1 aliphatic rings. The van der Waals surface area contributed by atoms with Gasteiger partial charge in [-0.1, -0.05) is 56.8 Å². The molecule has 1 unspecified atom stereocenters. The maximum absolute atomic E-state index is 5.97. The Morgan fingerprint density at radius 1 is 1.11 bits per heavy atom. The van der Waals surface area contributed by atoms with Crippen molar-refractivity contribution in [2.75, 3.05) is 6.54 Å². The summed E-state index contributed by atoms with van der Waals surface area (Å²) in [6.45, 7) is 5.73. The van der Waals surface area contributed by atoms with E-state index in [4.69, 9.17) is 11.6 Å². The Kier molecular flexibility index (Phi) is 5.72. The second-order valence-corrected chi connectivity index (χ2v) is 6.62. The van der Waals surface area contributed by atoms with Crippen LogP contribution in [-0.2, 0) is 0 Å².